The molecule has 1 heterocycles. The highest BCUT2D eigenvalue weighted by molar-refractivity contribution is 5.82. The summed E-state index contributed by atoms with van der Waals surface area (Å²) in [6.45, 7) is 6.08. The predicted octanol–water partition coefficient (Wildman–Crippen LogP) is 1.85. The molecule has 20 heavy (non-hydrogen) atoms. The van der Waals surface area contributed by atoms with Gasteiger partial charge in [0.2, 0.25) is 5.91 Å². The highest BCUT2D eigenvalue weighted by Gasteiger charge is 2.40. The Balaban J connectivity index is 2.02. The number of likely N-dealkylation sites (tertiary alicyclic amines) is 1. The van der Waals surface area contributed by atoms with E-state index in [1.807, 2.05) is 0 Å². The minimum Gasteiger partial charge on any atom is -0.339 e. The van der Waals surface area contributed by atoms with Gasteiger partial charge in [-0.25, -0.2) is 0 Å². The van der Waals surface area contributed by atoms with Gasteiger partial charge in [-0.2, -0.15) is 0 Å². The van der Waals surface area contributed by atoms with E-state index in [-0.39, 0.29) is 11.6 Å². The van der Waals surface area contributed by atoms with Crippen LogP contribution in [-0.4, -0.2) is 60.5 Å². The molecule has 2 rings (SSSR count). The van der Waals surface area contributed by atoms with Crippen LogP contribution in [0.5, 0.6) is 0 Å². The molecule has 116 valence electrons. The summed E-state index contributed by atoms with van der Waals surface area (Å²) in [5.41, 5.74) is 0.218. The predicted molar refractivity (Wildman–Crippen MR) is 82.8 cm³/mol. The molecule has 2 fully saturated rings. The van der Waals surface area contributed by atoms with Crippen molar-refractivity contribution in [1.82, 2.24) is 15.1 Å². The van der Waals surface area contributed by atoms with E-state index in [0.717, 1.165) is 25.9 Å². The number of nitrogens with zero attached hydrogens (tertiary/aromatic N) is 2. The van der Waals surface area contributed by atoms with Crippen LogP contribution >= 0.6 is 0 Å². The molecule has 1 saturated carbocycles. The maximum Gasteiger partial charge on any atom is 0.239 e. The molecule has 1 saturated heterocycles. The lowest BCUT2D eigenvalue weighted by Gasteiger charge is -2.43. The molecule has 1 amide bonds. The topological polar surface area (TPSA) is 35.6 Å². The minimum absolute atomic E-state index is 0.0318. The average molecular weight is 281 g/mol. The second-order valence-corrected chi connectivity index (χ2v) is 7.10. The van der Waals surface area contributed by atoms with Crippen LogP contribution in [0, 0.1) is 0 Å². The van der Waals surface area contributed by atoms with Gasteiger partial charge in [0.1, 0.15) is 0 Å². The standard InChI is InChI=1S/C16H31N3O/c1-13(2)17-14-8-7-11-19(15(14)20)12-16(18(3)4)9-5-6-10-16/h13-14,17H,5-12H2,1-4H3. The van der Waals surface area contributed by atoms with Crippen LogP contribution in [0.2, 0.25) is 0 Å². The van der Waals surface area contributed by atoms with Gasteiger partial charge < -0.3 is 15.1 Å². The quantitative estimate of drug-likeness (QED) is 0.835. The summed E-state index contributed by atoms with van der Waals surface area (Å²) in [7, 11) is 4.34. The van der Waals surface area contributed by atoms with Gasteiger partial charge in [0.05, 0.1) is 6.04 Å². The Morgan fingerprint density at radius 3 is 2.50 bits per heavy atom. The zero-order valence-electron chi connectivity index (χ0n) is 13.6. The molecular formula is C16H31N3O. The Hall–Kier alpha value is -0.610. The van der Waals surface area contributed by atoms with Gasteiger partial charge in [0.25, 0.3) is 0 Å². The van der Waals surface area contributed by atoms with Crippen molar-refractivity contribution in [2.24, 2.45) is 0 Å². The lowest BCUT2D eigenvalue weighted by atomic mass is 9.93. The van der Waals surface area contributed by atoms with E-state index in [2.05, 4.69) is 43.1 Å². The van der Waals surface area contributed by atoms with Crippen molar-refractivity contribution in [3.8, 4) is 0 Å². The molecule has 0 aromatic carbocycles. The normalized spacial score (nSPS) is 26.8. The Bertz CT molecular complexity index is 335. The second-order valence-electron chi connectivity index (χ2n) is 7.10. The first-order valence-corrected chi connectivity index (χ1v) is 8.17. The van der Waals surface area contributed by atoms with Gasteiger partial charge in [-0.15, -0.1) is 0 Å². The number of amides is 1. The van der Waals surface area contributed by atoms with Gasteiger partial charge in [-0.05, 0) is 39.8 Å². The summed E-state index contributed by atoms with van der Waals surface area (Å²) < 4.78 is 0. The van der Waals surface area contributed by atoms with Crippen molar-refractivity contribution in [3.63, 3.8) is 0 Å². The molecule has 1 unspecified atom stereocenters. The summed E-state index contributed by atoms with van der Waals surface area (Å²) in [4.78, 5) is 17.1. The number of hydrogen-bond acceptors (Lipinski definition) is 3. The highest BCUT2D eigenvalue weighted by atomic mass is 16.2. The third-order valence-corrected chi connectivity index (χ3v) is 5.03. The summed E-state index contributed by atoms with van der Waals surface area (Å²) in [5, 5.41) is 3.42. The van der Waals surface area contributed by atoms with Crippen LogP contribution in [0.25, 0.3) is 0 Å². The molecule has 0 bridgehead atoms. The van der Waals surface area contributed by atoms with Crippen LogP contribution in [-0.2, 0) is 4.79 Å². The lowest BCUT2D eigenvalue weighted by Crippen LogP contribution is -2.58. The van der Waals surface area contributed by atoms with Crippen LogP contribution in [0.3, 0.4) is 0 Å². The zero-order valence-corrected chi connectivity index (χ0v) is 13.6. The van der Waals surface area contributed by atoms with E-state index in [4.69, 9.17) is 0 Å². The molecule has 1 N–H and O–H groups in total. The van der Waals surface area contributed by atoms with Crippen molar-refractivity contribution in [1.29, 1.82) is 0 Å². The van der Waals surface area contributed by atoms with E-state index >= 15 is 0 Å². The molecule has 0 radical (unpaired) electrons. The average Bonchev–Trinajstić information content (AvgIpc) is 2.84. The van der Waals surface area contributed by atoms with E-state index in [1.165, 1.54) is 25.7 Å². The Morgan fingerprint density at radius 1 is 1.30 bits per heavy atom. The molecule has 1 atom stereocenters. The first-order valence-electron chi connectivity index (χ1n) is 8.17. The molecule has 0 aromatic heterocycles. The summed E-state index contributed by atoms with van der Waals surface area (Å²) in [6.07, 6.45) is 7.17. The monoisotopic (exact) mass is 281 g/mol. The highest BCUT2D eigenvalue weighted by Crippen LogP contribution is 2.35. The number of carbonyl (C=O) groups is 1. The number of rotatable bonds is 5. The largest absolute Gasteiger partial charge is 0.339 e. The van der Waals surface area contributed by atoms with E-state index in [1.54, 1.807) is 0 Å². The van der Waals surface area contributed by atoms with Gasteiger partial charge >= 0.3 is 0 Å². The third kappa shape index (κ3) is 3.34. The van der Waals surface area contributed by atoms with E-state index < -0.39 is 0 Å². The zero-order chi connectivity index (χ0) is 14.8. The fraction of sp³-hybridized carbons (Fsp3) is 0.938. The molecule has 4 nitrogen and oxygen atoms in total. The number of carbonyl (C=O) groups excluding carboxylic acids is 1. The second kappa shape index (κ2) is 6.44. The number of piperidine rings is 1. The Kier molecular flexibility index (Phi) is 5.08. The Labute approximate surface area is 123 Å². The van der Waals surface area contributed by atoms with Crippen LogP contribution < -0.4 is 5.32 Å². The minimum atomic E-state index is 0.0318. The first-order chi connectivity index (χ1) is 9.44. The van der Waals surface area contributed by atoms with Crippen LogP contribution in [0.4, 0.5) is 0 Å². The van der Waals surface area contributed by atoms with Gasteiger partial charge in [0.15, 0.2) is 0 Å². The fourth-order valence-corrected chi connectivity index (χ4v) is 3.79. The molecule has 4 heteroatoms. The van der Waals surface area contributed by atoms with E-state index in [9.17, 15) is 4.79 Å². The van der Waals surface area contributed by atoms with Gasteiger partial charge in [-0.1, -0.05) is 26.7 Å². The van der Waals surface area contributed by atoms with Crippen molar-refractivity contribution < 1.29 is 4.79 Å². The Morgan fingerprint density at radius 2 is 1.95 bits per heavy atom. The molecule has 1 aliphatic carbocycles. The lowest BCUT2D eigenvalue weighted by molar-refractivity contribution is -0.138. The first kappa shape index (κ1) is 15.8. The van der Waals surface area contributed by atoms with Crippen molar-refractivity contribution >= 4 is 5.91 Å². The fourth-order valence-electron chi connectivity index (χ4n) is 3.79. The number of likely N-dealkylation sites (N-methyl/N-ethyl adjacent to an activating group) is 1. The van der Waals surface area contributed by atoms with E-state index in [0.29, 0.717) is 11.9 Å². The molecule has 0 spiro atoms. The SMILES string of the molecule is CC(C)NC1CCCN(CC2(N(C)C)CCCC2)C1=O. The van der Waals surface area contributed by atoms with Crippen LogP contribution in [0.15, 0.2) is 0 Å². The van der Waals surface area contributed by atoms with Crippen molar-refractivity contribution in [2.75, 3.05) is 27.2 Å². The molecule has 0 aromatic rings. The maximum atomic E-state index is 12.7. The van der Waals surface area contributed by atoms with Gasteiger partial charge in [-0.3, -0.25) is 4.79 Å². The maximum absolute atomic E-state index is 12.7. The summed E-state index contributed by atoms with van der Waals surface area (Å²) >= 11 is 0. The molecular weight excluding hydrogens is 250 g/mol. The molecule has 1 aliphatic heterocycles. The van der Waals surface area contributed by atoms with Gasteiger partial charge in [0, 0.05) is 24.7 Å². The number of nitrogens with one attached hydrogen (secondary N) is 1. The smallest absolute Gasteiger partial charge is 0.239 e. The molecule has 2 aliphatic rings. The summed E-state index contributed by atoms with van der Waals surface area (Å²) in [5.74, 6) is 0.318. The van der Waals surface area contributed by atoms with Crippen LogP contribution in [0.1, 0.15) is 52.4 Å². The van der Waals surface area contributed by atoms with Crippen molar-refractivity contribution in [3.05, 3.63) is 0 Å². The number of hydrogen-bond donors (Lipinski definition) is 1. The summed E-state index contributed by atoms with van der Waals surface area (Å²) in [6, 6.07) is 0.405. The van der Waals surface area contributed by atoms with Crippen molar-refractivity contribution in [2.45, 2.75) is 70.0 Å². The third-order valence-electron chi connectivity index (χ3n) is 5.03.